The molecule has 0 saturated carbocycles. The first kappa shape index (κ1) is 13.1. The molecule has 0 radical (unpaired) electrons. The molecule has 100 valence electrons. The van der Waals surface area contributed by atoms with E-state index in [1.807, 2.05) is 13.1 Å². The molecule has 1 aromatic heterocycles. The maximum atomic E-state index is 9.15. The summed E-state index contributed by atoms with van der Waals surface area (Å²) in [5.41, 5.74) is 0. The van der Waals surface area contributed by atoms with Crippen LogP contribution < -0.4 is 9.80 Å². The molecule has 2 rings (SSSR count). The average Bonchev–Trinajstić information content (AvgIpc) is 2.46. The molecule has 1 saturated heterocycles. The predicted octanol–water partition coefficient (Wildman–Crippen LogP) is 1.14. The van der Waals surface area contributed by atoms with Crippen LogP contribution in [-0.4, -0.2) is 48.4 Å². The molecular weight excluding hydrogens is 228 g/mol. The molecule has 5 heteroatoms. The molecule has 0 bridgehead atoms. The minimum Gasteiger partial charge on any atom is -0.396 e. The van der Waals surface area contributed by atoms with E-state index in [2.05, 4.69) is 26.7 Å². The van der Waals surface area contributed by atoms with Crippen LogP contribution in [0.2, 0.25) is 0 Å². The predicted molar refractivity (Wildman–Crippen MR) is 73.0 cm³/mol. The van der Waals surface area contributed by atoms with Crippen LogP contribution >= 0.6 is 0 Å². The maximum Gasteiger partial charge on any atom is 0.134 e. The van der Waals surface area contributed by atoms with Crippen LogP contribution in [0.25, 0.3) is 0 Å². The Morgan fingerprint density at radius 2 is 2.11 bits per heavy atom. The average molecular weight is 250 g/mol. The zero-order chi connectivity index (χ0) is 13.0. The van der Waals surface area contributed by atoms with Gasteiger partial charge in [0.1, 0.15) is 18.0 Å². The summed E-state index contributed by atoms with van der Waals surface area (Å²) in [6, 6.07) is 2.04. The molecular formula is C13H22N4O. The van der Waals surface area contributed by atoms with Crippen molar-refractivity contribution >= 4 is 11.6 Å². The largest absolute Gasteiger partial charge is 0.396 e. The molecule has 1 fully saturated rings. The number of rotatable bonds is 4. The molecule has 1 aromatic rings. The van der Waals surface area contributed by atoms with Gasteiger partial charge in [-0.15, -0.1) is 0 Å². The van der Waals surface area contributed by atoms with Gasteiger partial charge in [-0.2, -0.15) is 0 Å². The van der Waals surface area contributed by atoms with Gasteiger partial charge < -0.3 is 14.9 Å². The Kier molecular flexibility index (Phi) is 4.36. The SMILES string of the molecule is CCN(C)c1cc(N2CCC(CO)CC2)ncn1. The van der Waals surface area contributed by atoms with Gasteiger partial charge in [0.25, 0.3) is 0 Å². The highest BCUT2D eigenvalue weighted by Crippen LogP contribution is 2.23. The van der Waals surface area contributed by atoms with Crippen molar-refractivity contribution in [1.29, 1.82) is 0 Å². The Bertz CT molecular complexity index is 377. The molecule has 18 heavy (non-hydrogen) atoms. The topological polar surface area (TPSA) is 52.5 Å². The second-order valence-electron chi connectivity index (χ2n) is 4.86. The van der Waals surface area contributed by atoms with E-state index < -0.39 is 0 Å². The molecule has 1 N–H and O–H groups in total. The van der Waals surface area contributed by atoms with E-state index in [1.165, 1.54) is 0 Å². The van der Waals surface area contributed by atoms with Crippen molar-refractivity contribution in [1.82, 2.24) is 9.97 Å². The number of hydrogen-bond donors (Lipinski definition) is 1. The van der Waals surface area contributed by atoms with Crippen molar-refractivity contribution in [2.45, 2.75) is 19.8 Å². The quantitative estimate of drug-likeness (QED) is 0.868. The molecule has 0 amide bonds. The van der Waals surface area contributed by atoms with Crippen molar-refractivity contribution in [3.8, 4) is 0 Å². The lowest BCUT2D eigenvalue weighted by atomic mass is 9.98. The first-order valence-corrected chi connectivity index (χ1v) is 6.63. The summed E-state index contributed by atoms with van der Waals surface area (Å²) < 4.78 is 0. The van der Waals surface area contributed by atoms with E-state index >= 15 is 0 Å². The molecule has 0 spiro atoms. The molecule has 5 nitrogen and oxygen atoms in total. The normalized spacial score (nSPS) is 16.9. The molecule has 1 aliphatic heterocycles. The lowest BCUT2D eigenvalue weighted by Gasteiger charge is -2.32. The highest BCUT2D eigenvalue weighted by molar-refractivity contribution is 5.49. The zero-order valence-corrected chi connectivity index (χ0v) is 11.2. The lowest BCUT2D eigenvalue weighted by molar-refractivity contribution is 0.203. The summed E-state index contributed by atoms with van der Waals surface area (Å²) in [4.78, 5) is 13.0. The van der Waals surface area contributed by atoms with Crippen LogP contribution in [0.1, 0.15) is 19.8 Å². The van der Waals surface area contributed by atoms with E-state index in [9.17, 15) is 0 Å². The summed E-state index contributed by atoms with van der Waals surface area (Å²) >= 11 is 0. The monoisotopic (exact) mass is 250 g/mol. The third-order valence-electron chi connectivity index (χ3n) is 3.70. The second kappa shape index (κ2) is 6.00. The lowest BCUT2D eigenvalue weighted by Crippen LogP contribution is -2.35. The van der Waals surface area contributed by atoms with Gasteiger partial charge in [-0.05, 0) is 25.7 Å². The van der Waals surface area contributed by atoms with Gasteiger partial charge in [-0.25, -0.2) is 9.97 Å². The third-order valence-corrected chi connectivity index (χ3v) is 3.70. The molecule has 0 atom stereocenters. The molecule has 0 aliphatic carbocycles. The van der Waals surface area contributed by atoms with Crippen LogP contribution in [0.5, 0.6) is 0 Å². The maximum absolute atomic E-state index is 9.15. The van der Waals surface area contributed by atoms with Crippen LogP contribution in [0, 0.1) is 5.92 Å². The summed E-state index contributed by atoms with van der Waals surface area (Å²) in [7, 11) is 2.03. The van der Waals surface area contributed by atoms with Gasteiger partial charge in [0.2, 0.25) is 0 Å². The number of aliphatic hydroxyl groups excluding tert-OH is 1. The molecule has 1 aliphatic rings. The molecule has 0 aromatic carbocycles. The number of piperidine rings is 1. The summed E-state index contributed by atoms with van der Waals surface area (Å²) in [5.74, 6) is 2.42. The Balaban J connectivity index is 2.05. The Morgan fingerprint density at radius 1 is 1.39 bits per heavy atom. The van der Waals surface area contributed by atoms with Crippen molar-refractivity contribution in [3.63, 3.8) is 0 Å². The van der Waals surface area contributed by atoms with Crippen molar-refractivity contribution in [2.24, 2.45) is 5.92 Å². The highest BCUT2D eigenvalue weighted by Gasteiger charge is 2.19. The fraction of sp³-hybridized carbons (Fsp3) is 0.692. The minimum absolute atomic E-state index is 0.307. The Labute approximate surface area is 108 Å². The fourth-order valence-electron chi connectivity index (χ4n) is 2.23. The van der Waals surface area contributed by atoms with Gasteiger partial charge in [-0.1, -0.05) is 0 Å². The molecule has 0 unspecified atom stereocenters. The van der Waals surface area contributed by atoms with E-state index in [1.54, 1.807) is 6.33 Å². The van der Waals surface area contributed by atoms with Crippen LogP contribution in [0.3, 0.4) is 0 Å². The van der Waals surface area contributed by atoms with E-state index in [0.29, 0.717) is 12.5 Å². The standard InChI is InChI=1S/C13H22N4O/c1-3-16(2)12-8-13(15-10-14-12)17-6-4-11(9-18)5-7-17/h8,10-11,18H,3-7,9H2,1-2H3. The fourth-order valence-corrected chi connectivity index (χ4v) is 2.23. The van der Waals surface area contributed by atoms with Crippen LogP contribution in [0.4, 0.5) is 11.6 Å². The van der Waals surface area contributed by atoms with Crippen LogP contribution in [-0.2, 0) is 0 Å². The van der Waals surface area contributed by atoms with Gasteiger partial charge in [0, 0.05) is 39.4 Å². The van der Waals surface area contributed by atoms with Gasteiger partial charge in [0.15, 0.2) is 0 Å². The van der Waals surface area contributed by atoms with E-state index in [-0.39, 0.29) is 0 Å². The Hall–Kier alpha value is -1.36. The van der Waals surface area contributed by atoms with Crippen molar-refractivity contribution < 1.29 is 5.11 Å². The third kappa shape index (κ3) is 2.90. The van der Waals surface area contributed by atoms with Crippen molar-refractivity contribution in [3.05, 3.63) is 12.4 Å². The number of hydrogen-bond acceptors (Lipinski definition) is 5. The highest BCUT2D eigenvalue weighted by atomic mass is 16.3. The number of anilines is 2. The number of aromatic nitrogens is 2. The van der Waals surface area contributed by atoms with Gasteiger partial charge >= 0.3 is 0 Å². The second-order valence-corrected chi connectivity index (χ2v) is 4.86. The van der Waals surface area contributed by atoms with Crippen LogP contribution in [0.15, 0.2) is 12.4 Å². The summed E-state index contributed by atoms with van der Waals surface area (Å²) in [6.07, 6.45) is 3.72. The summed E-state index contributed by atoms with van der Waals surface area (Å²) in [5, 5.41) is 9.15. The summed E-state index contributed by atoms with van der Waals surface area (Å²) in [6.45, 7) is 5.29. The van der Waals surface area contributed by atoms with E-state index in [0.717, 1.165) is 44.1 Å². The number of nitrogens with zero attached hydrogens (tertiary/aromatic N) is 4. The van der Waals surface area contributed by atoms with Crippen molar-refractivity contribution in [2.75, 3.05) is 43.1 Å². The smallest absolute Gasteiger partial charge is 0.134 e. The first-order chi connectivity index (χ1) is 8.74. The first-order valence-electron chi connectivity index (χ1n) is 6.63. The van der Waals surface area contributed by atoms with Gasteiger partial charge in [-0.3, -0.25) is 0 Å². The minimum atomic E-state index is 0.307. The molecule has 2 heterocycles. The zero-order valence-electron chi connectivity index (χ0n) is 11.2. The Morgan fingerprint density at radius 3 is 2.72 bits per heavy atom. The number of aliphatic hydroxyl groups is 1. The van der Waals surface area contributed by atoms with Gasteiger partial charge in [0.05, 0.1) is 0 Å². The van der Waals surface area contributed by atoms with E-state index in [4.69, 9.17) is 5.11 Å².